The normalized spacial score (nSPS) is 11.6. The maximum atomic E-state index is 10.7. The SMILES string of the molecule is C=C(C)C(=O)O.CCCCCCCCCCCCCCCCCCC(O)(O)C=C(C)C(=O)O. The Labute approximate surface area is 201 Å². The van der Waals surface area contributed by atoms with Gasteiger partial charge in [-0.05, 0) is 26.3 Å². The number of carboxylic acids is 2. The summed E-state index contributed by atoms with van der Waals surface area (Å²) in [7, 11) is 0. The standard InChI is InChI=1S/C23H44O4.C4H6O2/c1-3-4-5-6-7-8-9-10-11-12-13-14-15-16-17-18-19-23(26,27)20-21(2)22(24)25;1-3(2)4(5)6/h20,26-27H,3-19H2,1-2H3,(H,24,25);1H2,2H3,(H,5,6). The third-order valence-corrected chi connectivity index (χ3v) is 5.55. The molecule has 0 aromatic rings. The predicted octanol–water partition coefficient (Wildman–Crippen LogP) is 7.00. The second-order valence-electron chi connectivity index (χ2n) is 9.15. The lowest BCUT2D eigenvalue weighted by Crippen LogP contribution is -2.26. The van der Waals surface area contributed by atoms with E-state index in [1.807, 2.05) is 0 Å². The van der Waals surface area contributed by atoms with E-state index in [-0.39, 0.29) is 17.6 Å². The fourth-order valence-electron chi connectivity index (χ4n) is 3.41. The van der Waals surface area contributed by atoms with Crippen molar-refractivity contribution in [3.8, 4) is 0 Å². The number of unbranched alkanes of at least 4 members (excludes halogenated alkanes) is 15. The Bertz CT molecular complexity index is 539. The molecular formula is C27H50O6. The van der Waals surface area contributed by atoms with Gasteiger partial charge in [-0.25, -0.2) is 9.59 Å². The van der Waals surface area contributed by atoms with Crippen molar-refractivity contribution in [1.82, 2.24) is 0 Å². The van der Waals surface area contributed by atoms with E-state index in [1.54, 1.807) is 0 Å². The number of carboxylic acid groups (broad SMARTS) is 2. The van der Waals surface area contributed by atoms with E-state index >= 15 is 0 Å². The first-order valence-electron chi connectivity index (χ1n) is 12.8. The number of rotatable bonds is 20. The van der Waals surface area contributed by atoms with Crippen LogP contribution in [-0.2, 0) is 9.59 Å². The average molecular weight is 471 g/mol. The van der Waals surface area contributed by atoms with E-state index in [0.717, 1.165) is 18.9 Å². The Morgan fingerprint density at radius 1 is 0.667 bits per heavy atom. The van der Waals surface area contributed by atoms with Gasteiger partial charge in [0.2, 0.25) is 0 Å². The van der Waals surface area contributed by atoms with Gasteiger partial charge in [-0.2, -0.15) is 0 Å². The minimum Gasteiger partial charge on any atom is -0.478 e. The van der Waals surface area contributed by atoms with E-state index in [4.69, 9.17) is 10.2 Å². The smallest absolute Gasteiger partial charge is 0.331 e. The minimum atomic E-state index is -2.00. The Morgan fingerprint density at radius 2 is 0.970 bits per heavy atom. The Hall–Kier alpha value is -1.66. The summed E-state index contributed by atoms with van der Waals surface area (Å²) in [5, 5.41) is 36.2. The highest BCUT2D eigenvalue weighted by atomic mass is 16.5. The van der Waals surface area contributed by atoms with Crippen molar-refractivity contribution in [3.05, 3.63) is 23.8 Å². The summed E-state index contributed by atoms with van der Waals surface area (Å²) < 4.78 is 0. The van der Waals surface area contributed by atoms with Crippen LogP contribution in [-0.4, -0.2) is 38.2 Å². The van der Waals surface area contributed by atoms with Crippen LogP contribution in [0, 0.1) is 0 Å². The van der Waals surface area contributed by atoms with Gasteiger partial charge < -0.3 is 20.4 Å². The Balaban J connectivity index is 0. The van der Waals surface area contributed by atoms with Crippen LogP contribution in [0.25, 0.3) is 0 Å². The topological polar surface area (TPSA) is 115 Å². The first-order valence-corrected chi connectivity index (χ1v) is 12.8. The van der Waals surface area contributed by atoms with Gasteiger partial charge in [0.1, 0.15) is 0 Å². The van der Waals surface area contributed by atoms with Crippen molar-refractivity contribution in [2.75, 3.05) is 0 Å². The van der Waals surface area contributed by atoms with Gasteiger partial charge >= 0.3 is 11.9 Å². The highest BCUT2D eigenvalue weighted by molar-refractivity contribution is 5.86. The van der Waals surface area contributed by atoms with Gasteiger partial charge in [-0.15, -0.1) is 0 Å². The first-order chi connectivity index (χ1) is 15.5. The molecule has 0 saturated carbocycles. The van der Waals surface area contributed by atoms with Gasteiger partial charge in [0.15, 0.2) is 5.79 Å². The zero-order valence-corrected chi connectivity index (χ0v) is 21.4. The lowest BCUT2D eigenvalue weighted by molar-refractivity contribution is -0.136. The number of hydrogen-bond acceptors (Lipinski definition) is 4. The zero-order chi connectivity index (χ0) is 25.5. The average Bonchev–Trinajstić information content (AvgIpc) is 2.73. The van der Waals surface area contributed by atoms with Gasteiger partial charge in [0.05, 0.1) is 0 Å². The van der Waals surface area contributed by atoms with E-state index in [0.29, 0.717) is 6.42 Å². The third kappa shape index (κ3) is 26.5. The van der Waals surface area contributed by atoms with Crippen LogP contribution < -0.4 is 0 Å². The summed E-state index contributed by atoms with van der Waals surface area (Å²) >= 11 is 0. The fourth-order valence-corrected chi connectivity index (χ4v) is 3.41. The van der Waals surface area contributed by atoms with Crippen LogP contribution in [0.3, 0.4) is 0 Å². The molecule has 0 radical (unpaired) electrons. The van der Waals surface area contributed by atoms with E-state index < -0.39 is 17.7 Å². The van der Waals surface area contributed by atoms with Crippen LogP contribution in [0.15, 0.2) is 23.8 Å². The molecule has 194 valence electrons. The second-order valence-corrected chi connectivity index (χ2v) is 9.15. The van der Waals surface area contributed by atoms with Crippen molar-refractivity contribution in [2.24, 2.45) is 0 Å². The molecule has 0 atom stereocenters. The monoisotopic (exact) mass is 470 g/mol. The maximum absolute atomic E-state index is 10.7. The van der Waals surface area contributed by atoms with Crippen LogP contribution in [0.1, 0.15) is 130 Å². The summed E-state index contributed by atoms with van der Waals surface area (Å²) in [6, 6.07) is 0. The van der Waals surface area contributed by atoms with Crippen molar-refractivity contribution in [1.29, 1.82) is 0 Å². The Morgan fingerprint density at radius 3 is 1.24 bits per heavy atom. The lowest BCUT2D eigenvalue weighted by Gasteiger charge is -2.17. The third-order valence-electron chi connectivity index (χ3n) is 5.55. The van der Waals surface area contributed by atoms with Crippen molar-refractivity contribution in [3.63, 3.8) is 0 Å². The van der Waals surface area contributed by atoms with Crippen molar-refractivity contribution >= 4 is 11.9 Å². The molecule has 33 heavy (non-hydrogen) atoms. The summed E-state index contributed by atoms with van der Waals surface area (Å²) in [6.45, 7) is 8.24. The minimum absolute atomic E-state index is 0.0310. The van der Waals surface area contributed by atoms with Gasteiger partial charge in [-0.3, -0.25) is 0 Å². The Kier molecular flexibility index (Phi) is 22.5. The van der Waals surface area contributed by atoms with Gasteiger partial charge in [0.25, 0.3) is 0 Å². The molecule has 0 aliphatic heterocycles. The molecule has 0 bridgehead atoms. The maximum Gasteiger partial charge on any atom is 0.331 e. The zero-order valence-electron chi connectivity index (χ0n) is 21.4. The van der Waals surface area contributed by atoms with Crippen LogP contribution in [0.4, 0.5) is 0 Å². The van der Waals surface area contributed by atoms with E-state index in [1.165, 1.54) is 97.3 Å². The highest BCUT2D eigenvalue weighted by Gasteiger charge is 2.20. The molecule has 0 aromatic carbocycles. The molecule has 0 fully saturated rings. The predicted molar refractivity (Wildman–Crippen MR) is 135 cm³/mol. The van der Waals surface area contributed by atoms with E-state index in [2.05, 4.69) is 13.5 Å². The number of carbonyl (C=O) groups is 2. The molecule has 6 heteroatoms. The van der Waals surface area contributed by atoms with Crippen LogP contribution >= 0.6 is 0 Å². The van der Waals surface area contributed by atoms with Crippen molar-refractivity contribution < 1.29 is 30.0 Å². The molecule has 0 spiro atoms. The molecule has 0 aromatic heterocycles. The van der Waals surface area contributed by atoms with Gasteiger partial charge in [-0.1, -0.05) is 110 Å². The molecule has 0 saturated heterocycles. The highest BCUT2D eigenvalue weighted by Crippen LogP contribution is 2.18. The quantitative estimate of drug-likeness (QED) is 0.0865. The van der Waals surface area contributed by atoms with Crippen molar-refractivity contribution in [2.45, 2.75) is 136 Å². The summed E-state index contributed by atoms with van der Waals surface area (Å²) in [4.78, 5) is 20.3. The number of aliphatic carboxylic acids is 2. The molecule has 0 aliphatic carbocycles. The molecular weight excluding hydrogens is 420 g/mol. The van der Waals surface area contributed by atoms with Gasteiger partial charge in [0, 0.05) is 17.6 Å². The fraction of sp³-hybridized carbons (Fsp3) is 0.778. The number of aliphatic hydroxyl groups is 2. The number of hydrogen-bond donors (Lipinski definition) is 4. The largest absolute Gasteiger partial charge is 0.478 e. The van der Waals surface area contributed by atoms with E-state index in [9.17, 15) is 19.8 Å². The van der Waals surface area contributed by atoms with Crippen LogP contribution in [0.5, 0.6) is 0 Å². The molecule has 0 aliphatic rings. The van der Waals surface area contributed by atoms with Crippen LogP contribution in [0.2, 0.25) is 0 Å². The summed E-state index contributed by atoms with van der Waals surface area (Å²) in [5.74, 6) is -4.05. The molecule has 4 N–H and O–H groups in total. The molecule has 6 nitrogen and oxygen atoms in total. The molecule has 0 unspecified atom stereocenters. The molecule has 0 amide bonds. The molecule has 0 heterocycles. The summed E-state index contributed by atoms with van der Waals surface area (Å²) in [5.41, 5.74) is 0.145. The second kappa shape index (κ2) is 22.1. The molecule has 0 rings (SSSR count). The first kappa shape index (κ1) is 33.5. The lowest BCUT2D eigenvalue weighted by atomic mass is 10.0. The summed E-state index contributed by atoms with van der Waals surface area (Å²) in [6.07, 6.45) is 21.6.